The van der Waals surface area contributed by atoms with E-state index in [-0.39, 0.29) is 0 Å². The zero-order chi connectivity index (χ0) is 13.4. The lowest BCUT2D eigenvalue weighted by Crippen LogP contribution is -2.43. The molecule has 0 radical (unpaired) electrons. The van der Waals surface area contributed by atoms with Gasteiger partial charge >= 0.3 is 0 Å². The Kier molecular flexibility index (Phi) is 2.84. The van der Waals surface area contributed by atoms with Gasteiger partial charge in [-0.2, -0.15) is 5.10 Å². The highest BCUT2D eigenvalue weighted by atomic mass is 15.3. The first-order chi connectivity index (χ1) is 9.88. The molecule has 1 aromatic carbocycles. The van der Waals surface area contributed by atoms with Crippen molar-refractivity contribution in [1.82, 2.24) is 9.78 Å². The van der Waals surface area contributed by atoms with Crippen molar-refractivity contribution in [2.45, 2.75) is 25.4 Å². The quantitative estimate of drug-likeness (QED) is 0.860. The van der Waals surface area contributed by atoms with E-state index in [4.69, 9.17) is 0 Å². The molecule has 1 saturated carbocycles. The number of aromatic nitrogens is 2. The van der Waals surface area contributed by atoms with E-state index in [1.165, 1.54) is 24.1 Å². The molecule has 0 amide bonds. The summed E-state index contributed by atoms with van der Waals surface area (Å²) in [5.41, 5.74) is 2.52. The summed E-state index contributed by atoms with van der Waals surface area (Å²) in [6.45, 7) is 0.837. The standard InChI is InChI=1S/C17H19N3/c1-3-14-11-17(16(14)4-1)19-15-7-5-13(6-8-15)12-20-10-2-9-18-20/h1-2,4-10,14,16-17,19H,3,11-12H2. The number of allylic oxidation sites excluding steroid dienone is 1. The summed E-state index contributed by atoms with van der Waals surface area (Å²) in [6.07, 6.45) is 11.1. The Morgan fingerprint density at radius 2 is 2.15 bits per heavy atom. The van der Waals surface area contributed by atoms with Gasteiger partial charge in [-0.3, -0.25) is 4.68 Å². The highest BCUT2D eigenvalue weighted by Gasteiger charge is 2.40. The first-order valence-electron chi connectivity index (χ1n) is 7.38. The van der Waals surface area contributed by atoms with Crippen molar-refractivity contribution in [1.29, 1.82) is 0 Å². The number of nitrogens with one attached hydrogen (secondary N) is 1. The van der Waals surface area contributed by atoms with Crippen LogP contribution in [0.15, 0.2) is 54.9 Å². The van der Waals surface area contributed by atoms with Crippen molar-refractivity contribution in [3.05, 3.63) is 60.4 Å². The third kappa shape index (κ3) is 2.13. The molecule has 20 heavy (non-hydrogen) atoms. The largest absolute Gasteiger partial charge is 0.382 e. The van der Waals surface area contributed by atoms with Crippen LogP contribution in [0.1, 0.15) is 18.4 Å². The lowest BCUT2D eigenvalue weighted by atomic mass is 9.71. The van der Waals surface area contributed by atoms with Crippen LogP contribution in [0.4, 0.5) is 5.69 Å². The molecule has 3 nitrogen and oxygen atoms in total. The monoisotopic (exact) mass is 265 g/mol. The SMILES string of the molecule is C1=CC2C(C1)CC2Nc1ccc(Cn2cccn2)cc1. The summed E-state index contributed by atoms with van der Waals surface area (Å²) in [5.74, 6) is 1.67. The fourth-order valence-corrected chi connectivity index (χ4v) is 3.38. The average molecular weight is 265 g/mol. The van der Waals surface area contributed by atoms with Gasteiger partial charge in [-0.1, -0.05) is 24.3 Å². The Morgan fingerprint density at radius 1 is 1.25 bits per heavy atom. The van der Waals surface area contributed by atoms with E-state index < -0.39 is 0 Å². The molecule has 0 spiro atoms. The molecular weight excluding hydrogens is 246 g/mol. The van der Waals surface area contributed by atoms with Crippen LogP contribution in [0.5, 0.6) is 0 Å². The molecule has 0 bridgehead atoms. The van der Waals surface area contributed by atoms with Gasteiger partial charge in [0.25, 0.3) is 0 Å². The van der Waals surface area contributed by atoms with Crippen molar-refractivity contribution >= 4 is 5.69 Å². The van der Waals surface area contributed by atoms with E-state index in [2.05, 4.69) is 46.8 Å². The molecule has 4 rings (SSSR count). The molecule has 3 atom stereocenters. The van der Waals surface area contributed by atoms with Gasteiger partial charge in [-0.05, 0) is 42.5 Å². The lowest BCUT2D eigenvalue weighted by Gasteiger charge is -2.41. The van der Waals surface area contributed by atoms with Gasteiger partial charge in [0.1, 0.15) is 0 Å². The fourth-order valence-electron chi connectivity index (χ4n) is 3.38. The van der Waals surface area contributed by atoms with E-state index in [0.29, 0.717) is 6.04 Å². The van der Waals surface area contributed by atoms with Gasteiger partial charge in [-0.25, -0.2) is 0 Å². The summed E-state index contributed by atoms with van der Waals surface area (Å²) in [5, 5.41) is 7.90. The van der Waals surface area contributed by atoms with Crippen molar-refractivity contribution in [2.75, 3.05) is 5.32 Å². The summed E-state index contributed by atoms with van der Waals surface area (Å²) < 4.78 is 1.95. The van der Waals surface area contributed by atoms with Crippen molar-refractivity contribution in [3.63, 3.8) is 0 Å². The van der Waals surface area contributed by atoms with E-state index in [0.717, 1.165) is 18.4 Å². The molecule has 2 aliphatic rings. The zero-order valence-electron chi connectivity index (χ0n) is 11.4. The Morgan fingerprint density at radius 3 is 2.90 bits per heavy atom. The van der Waals surface area contributed by atoms with Gasteiger partial charge < -0.3 is 5.32 Å². The summed E-state index contributed by atoms with van der Waals surface area (Å²) >= 11 is 0. The van der Waals surface area contributed by atoms with Crippen molar-refractivity contribution < 1.29 is 0 Å². The fraction of sp³-hybridized carbons (Fsp3) is 0.353. The topological polar surface area (TPSA) is 29.9 Å². The van der Waals surface area contributed by atoms with Crippen LogP contribution in [0, 0.1) is 11.8 Å². The number of hydrogen-bond donors (Lipinski definition) is 1. The average Bonchev–Trinajstić information content (AvgIpc) is 3.08. The lowest BCUT2D eigenvalue weighted by molar-refractivity contribution is 0.218. The molecule has 1 aromatic heterocycles. The van der Waals surface area contributed by atoms with Crippen molar-refractivity contribution in [3.8, 4) is 0 Å². The number of rotatable bonds is 4. The predicted molar refractivity (Wildman–Crippen MR) is 80.5 cm³/mol. The van der Waals surface area contributed by atoms with Gasteiger partial charge in [0.05, 0.1) is 6.54 Å². The first kappa shape index (κ1) is 11.8. The molecule has 1 heterocycles. The van der Waals surface area contributed by atoms with E-state index in [9.17, 15) is 0 Å². The Bertz CT molecular complexity index is 598. The third-order valence-corrected chi connectivity index (χ3v) is 4.57. The van der Waals surface area contributed by atoms with Crippen LogP contribution in [0.3, 0.4) is 0 Å². The minimum Gasteiger partial charge on any atom is -0.382 e. The molecule has 3 unspecified atom stereocenters. The Labute approximate surface area is 119 Å². The molecular formula is C17H19N3. The van der Waals surface area contributed by atoms with Gasteiger partial charge in [0, 0.05) is 30.0 Å². The molecule has 2 aliphatic carbocycles. The summed E-state index contributed by atoms with van der Waals surface area (Å²) in [4.78, 5) is 0. The van der Waals surface area contributed by atoms with Crippen LogP contribution >= 0.6 is 0 Å². The second-order valence-electron chi connectivity index (χ2n) is 5.89. The molecule has 2 aromatic rings. The Hall–Kier alpha value is -2.03. The van der Waals surface area contributed by atoms with Crippen LogP contribution < -0.4 is 5.32 Å². The molecule has 0 aliphatic heterocycles. The van der Waals surface area contributed by atoms with Crippen LogP contribution in [0.25, 0.3) is 0 Å². The Balaban J connectivity index is 1.39. The molecule has 1 N–H and O–H groups in total. The molecule has 3 heteroatoms. The second kappa shape index (κ2) is 4.82. The summed E-state index contributed by atoms with van der Waals surface area (Å²) in [6, 6.07) is 11.3. The first-order valence-corrected chi connectivity index (χ1v) is 7.38. The van der Waals surface area contributed by atoms with Crippen LogP contribution in [0.2, 0.25) is 0 Å². The highest BCUT2D eigenvalue weighted by molar-refractivity contribution is 5.46. The highest BCUT2D eigenvalue weighted by Crippen LogP contribution is 2.43. The number of nitrogens with zero attached hydrogens (tertiary/aromatic N) is 2. The number of hydrogen-bond acceptors (Lipinski definition) is 2. The van der Waals surface area contributed by atoms with Gasteiger partial charge in [-0.15, -0.1) is 0 Å². The minimum absolute atomic E-state index is 0.635. The zero-order valence-corrected chi connectivity index (χ0v) is 11.4. The van der Waals surface area contributed by atoms with Gasteiger partial charge in [0.2, 0.25) is 0 Å². The predicted octanol–water partition coefficient (Wildman–Crippen LogP) is 3.31. The normalized spacial score (nSPS) is 27.1. The maximum Gasteiger partial charge on any atom is 0.0659 e. The minimum atomic E-state index is 0.635. The second-order valence-corrected chi connectivity index (χ2v) is 5.89. The number of benzene rings is 1. The van der Waals surface area contributed by atoms with E-state index >= 15 is 0 Å². The number of anilines is 1. The number of fused-ring (bicyclic) bond motifs is 1. The third-order valence-electron chi connectivity index (χ3n) is 4.57. The van der Waals surface area contributed by atoms with Crippen LogP contribution in [-0.2, 0) is 6.54 Å². The molecule has 102 valence electrons. The molecule has 0 saturated heterocycles. The molecule has 1 fully saturated rings. The maximum absolute atomic E-state index is 4.23. The van der Waals surface area contributed by atoms with Crippen LogP contribution in [-0.4, -0.2) is 15.8 Å². The smallest absolute Gasteiger partial charge is 0.0659 e. The maximum atomic E-state index is 4.23. The van der Waals surface area contributed by atoms with Crippen molar-refractivity contribution in [2.24, 2.45) is 11.8 Å². The van der Waals surface area contributed by atoms with E-state index in [1.807, 2.05) is 23.1 Å². The van der Waals surface area contributed by atoms with E-state index in [1.54, 1.807) is 0 Å². The summed E-state index contributed by atoms with van der Waals surface area (Å²) in [7, 11) is 0. The van der Waals surface area contributed by atoms with Gasteiger partial charge in [0.15, 0.2) is 0 Å².